The number of aliphatic hydroxyl groups is 1. The first-order chi connectivity index (χ1) is 21.4. The maximum atomic E-state index is 13.4. The number of aromatic nitrogens is 1. The smallest absolute Gasteiger partial charge is 0.338 e. The van der Waals surface area contributed by atoms with Crippen molar-refractivity contribution >= 4 is 18.0 Å². The van der Waals surface area contributed by atoms with Crippen LogP contribution in [0.5, 0.6) is 0 Å². The Hall–Kier alpha value is -3.05. The molecule has 2 bridgehead atoms. The minimum Gasteiger partial charge on any atom is -0.462 e. The van der Waals surface area contributed by atoms with Crippen molar-refractivity contribution in [2.24, 2.45) is 17.8 Å². The monoisotopic (exact) mass is 625 g/mol. The fourth-order valence-corrected chi connectivity index (χ4v) is 6.64. The first kappa shape index (κ1) is 33.3. The van der Waals surface area contributed by atoms with Crippen LogP contribution in [0.2, 0.25) is 0 Å². The highest BCUT2D eigenvalue weighted by Crippen LogP contribution is 2.44. The van der Waals surface area contributed by atoms with Crippen LogP contribution in [0, 0.1) is 24.7 Å². The zero-order valence-corrected chi connectivity index (χ0v) is 27.3. The summed E-state index contributed by atoms with van der Waals surface area (Å²) < 4.78 is 34.7. The van der Waals surface area contributed by atoms with Crippen molar-refractivity contribution in [3.05, 3.63) is 59.4 Å². The van der Waals surface area contributed by atoms with Gasteiger partial charge in [0, 0.05) is 38.7 Å². The molecule has 0 spiro atoms. The first-order valence-corrected chi connectivity index (χ1v) is 16.0. The van der Waals surface area contributed by atoms with E-state index in [1.54, 1.807) is 20.3 Å². The molecule has 1 aromatic rings. The predicted octanol–water partition coefficient (Wildman–Crippen LogP) is 5.05. The van der Waals surface area contributed by atoms with E-state index in [1.807, 2.05) is 71.1 Å². The Bertz CT molecular complexity index is 1360. The van der Waals surface area contributed by atoms with Crippen molar-refractivity contribution < 1.29 is 42.8 Å². The summed E-state index contributed by atoms with van der Waals surface area (Å²) in [4.78, 5) is 30.1. The van der Waals surface area contributed by atoms with Crippen molar-refractivity contribution in [2.75, 3.05) is 7.11 Å². The molecule has 3 saturated heterocycles. The SMILES string of the molecule is COC(/C(C)=C/C=C/C(C)=C/c1coc(C)n1)[C@@H](C)[C@@H]1C[C@H](O)[C@@]2(C)O[C@@H]2/C=C/[C@@H](C)[C@H]2C[C@H](CC(=O)O2)C[C@@H]2O[C@H]2C(=O)O1. The van der Waals surface area contributed by atoms with Crippen LogP contribution in [0.25, 0.3) is 6.08 Å². The number of carbonyl (C=O) groups excluding carboxylic acids is 2. The molecular formula is C35H47NO9. The van der Waals surface area contributed by atoms with E-state index >= 15 is 0 Å². The zero-order chi connectivity index (χ0) is 32.5. The minimum atomic E-state index is -0.905. The van der Waals surface area contributed by atoms with Crippen molar-refractivity contribution in [3.63, 3.8) is 0 Å². The minimum absolute atomic E-state index is 0.0130. The third-order valence-electron chi connectivity index (χ3n) is 9.63. The van der Waals surface area contributed by atoms with Gasteiger partial charge in [0.2, 0.25) is 0 Å². The largest absolute Gasteiger partial charge is 0.462 e. The number of esters is 2. The number of cyclic esters (lactones) is 1. The second-order valence-corrected chi connectivity index (χ2v) is 13.3. The van der Waals surface area contributed by atoms with Crippen LogP contribution >= 0.6 is 0 Å². The van der Waals surface area contributed by atoms with Crippen LogP contribution in [-0.4, -0.2) is 77.5 Å². The Kier molecular flexibility index (Phi) is 10.2. The lowest BCUT2D eigenvalue weighted by molar-refractivity contribution is -0.159. The van der Waals surface area contributed by atoms with E-state index in [1.165, 1.54) is 0 Å². The number of aliphatic hydroxyl groups excluding tert-OH is 1. The Labute approximate surface area is 265 Å². The molecule has 45 heavy (non-hydrogen) atoms. The number of nitrogens with zero attached hydrogens (tertiary/aromatic N) is 1. The second kappa shape index (κ2) is 13.7. The number of oxazole rings is 1. The molecule has 1 N–H and O–H groups in total. The number of fused-ring (bicyclic) bond motifs is 4. The molecule has 246 valence electrons. The van der Waals surface area contributed by atoms with Gasteiger partial charge in [-0.2, -0.15) is 0 Å². The summed E-state index contributed by atoms with van der Waals surface area (Å²) in [6.45, 7) is 11.6. The molecular weight excluding hydrogens is 578 g/mol. The number of rotatable bonds is 7. The molecule has 4 aliphatic rings. The van der Waals surface area contributed by atoms with E-state index in [0.29, 0.717) is 25.2 Å². The maximum absolute atomic E-state index is 13.4. The number of epoxide rings is 2. The molecule has 10 heteroatoms. The zero-order valence-electron chi connectivity index (χ0n) is 27.3. The summed E-state index contributed by atoms with van der Waals surface area (Å²) in [5.41, 5.74) is 1.86. The molecule has 0 radical (unpaired) electrons. The molecule has 0 aromatic carbocycles. The first-order valence-electron chi connectivity index (χ1n) is 16.0. The van der Waals surface area contributed by atoms with Crippen LogP contribution in [0.15, 0.2) is 52.2 Å². The number of hydrogen-bond donors (Lipinski definition) is 1. The van der Waals surface area contributed by atoms with Crippen molar-refractivity contribution in [1.82, 2.24) is 4.98 Å². The van der Waals surface area contributed by atoms with Crippen molar-refractivity contribution in [2.45, 2.75) is 116 Å². The van der Waals surface area contributed by atoms with Gasteiger partial charge in [0.25, 0.3) is 0 Å². The van der Waals surface area contributed by atoms with Gasteiger partial charge in [-0.25, -0.2) is 9.78 Å². The van der Waals surface area contributed by atoms with Gasteiger partial charge in [-0.1, -0.05) is 44.2 Å². The molecule has 1 unspecified atom stereocenters. The van der Waals surface area contributed by atoms with E-state index in [9.17, 15) is 14.7 Å². The highest BCUT2D eigenvalue weighted by atomic mass is 16.6. The summed E-state index contributed by atoms with van der Waals surface area (Å²) in [5, 5.41) is 11.4. The quantitative estimate of drug-likeness (QED) is 0.190. The number of hydrogen-bond acceptors (Lipinski definition) is 10. The van der Waals surface area contributed by atoms with Gasteiger partial charge in [-0.05, 0) is 56.8 Å². The number of ether oxygens (including phenoxy) is 5. The number of aryl methyl sites for hydroxylation is 1. The highest BCUT2D eigenvalue weighted by Gasteiger charge is 2.57. The van der Waals surface area contributed by atoms with Gasteiger partial charge in [-0.3, -0.25) is 4.79 Å². The molecule has 5 heterocycles. The van der Waals surface area contributed by atoms with Crippen LogP contribution in [0.4, 0.5) is 0 Å². The molecule has 4 aliphatic heterocycles. The Morgan fingerprint density at radius 1 is 1.16 bits per heavy atom. The lowest BCUT2D eigenvalue weighted by Gasteiger charge is -2.33. The fourth-order valence-electron chi connectivity index (χ4n) is 6.64. The van der Waals surface area contributed by atoms with E-state index in [4.69, 9.17) is 28.1 Å². The van der Waals surface area contributed by atoms with Gasteiger partial charge in [-0.15, -0.1) is 0 Å². The van der Waals surface area contributed by atoms with Gasteiger partial charge >= 0.3 is 11.9 Å². The maximum Gasteiger partial charge on any atom is 0.338 e. The van der Waals surface area contributed by atoms with Gasteiger partial charge < -0.3 is 33.2 Å². The van der Waals surface area contributed by atoms with Gasteiger partial charge in [0.05, 0.1) is 18.3 Å². The Morgan fingerprint density at radius 2 is 1.91 bits per heavy atom. The molecule has 3 fully saturated rings. The van der Waals surface area contributed by atoms with Crippen LogP contribution in [0.3, 0.4) is 0 Å². The van der Waals surface area contributed by atoms with Crippen LogP contribution < -0.4 is 0 Å². The van der Waals surface area contributed by atoms with Gasteiger partial charge in [0.15, 0.2) is 12.0 Å². The highest BCUT2D eigenvalue weighted by molar-refractivity contribution is 5.78. The number of carbonyl (C=O) groups is 2. The topological polar surface area (TPSA) is 133 Å². The van der Waals surface area contributed by atoms with E-state index < -0.39 is 36.0 Å². The number of allylic oxidation sites excluding steroid dienone is 4. The molecule has 0 saturated carbocycles. The molecule has 5 rings (SSSR count). The molecule has 11 atom stereocenters. The van der Waals surface area contributed by atoms with Crippen LogP contribution in [-0.2, 0) is 33.3 Å². The number of methoxy groups -OCH3 is 1. The third-order valence-corrected chi connectivity index (χ3v) is 9.63. The molecule has 0 amide bonds. The summed E-state index contributed by atoms with van der Waals surface area (Å²) in [7, 11) is 1.63. The summed E-state index contributed by atoms with van der Waals surface area (Å²) in [6, 6.07) is 0. The summed E-state index contributed by atoms with van der Waals surface area (Å²) in [5.74, 6) is -0.316. The Morgan fingerprint density at radius 3 is 2.62 bits per heavy atom. The molecule has 1 aromatic heterocycles. The normalized spacial score (nSPS) is 38.0. The third kappa shape index (κ3) is 8.03. The fraction of sp³-hybridized carbons (Fsp3) is 0.629. The lowest BCUT2D eigenvalue weighted by Crippen LogP contribution is -2.42. The summed E-state index contributed by atoms with van der Waals surface area (Å²) >= 11 is 0. The summed E-state index contributed by atoms with van der Waals surface area (Å²) in [6.07, 6.45) is 11.7. The average molecular weight is 626 g/mol. The lowest BCUT2D eigenvalue weighted by atomic mass is 9.84. The van der Waals surface area contributed by atoms with E-state index in [2.05, 4.69) is 4.98 Å². The van der Waals surface area contributed by atoms with E-state index in [-0.39, 0.29) is 48.5 Å². The van der Waals surface area contributed by atoms with E-state index in [0.717, 1.165) is 16.8 Å². The molecule has 10 nitrogen and oxygen atoms in total. The Balaban J connectivity index is 1.33. The van der Waals surface area contributed by atoms with Crippen molar-refractivity contribution in [1.29, 1.82) is 0 Å². The molecule has 0 aliphatic carbocycles. The predicted molar refractivity (Wildman–Crippen MR) is 166 cm³/mol. The van der Waals surface area contributed by atoms with Crippen molar-refractivity contribution in [3.8, 4) is 0 Å². The second-order valence-electron chi connectivity index (χ2n) is 13.3. The van der Waals surface area contributed by atoms with Crippen LogP contribution in [0.1, 0.15) is 71.9 Å². The standard InChI is InChI=1S/C35H47NO9/c1-19(13-25-18-41-23(5)36-25)9-8-10-21(3)32(40-7)22(4)27-17-29(37)35(6)30(45-35)12-11-20(2)26-14-24(16-31(38)42-26)15-28-33(43-28)34(39)44-27/h8-13,18,20,22,24,26-30,32-33,37H,14-17H2,1-7H3/b9-8+,12-11+,19-13+,21-10+/t20-,22+,24+,26-,27+,28+,29+,30-,32?,33-,35-/m1/s1. The van der Waals surface area contributed by atoms with Gasteiger partial charge in [0.1, 0.15) is 35.9 Å². The average Bonchev–Trinajstić information content (AvgIpc) is 3.86.